The molecule has 1 aromatic carbocycles. The summed E-state index contributed by atoms with van der Waals surface area (Å²) in [6.45, 7) is 4.33. The monoisotopic (exact) mass is 310 g/mol. The highest BCUT2D eigenvalue weighted by Gasteiger charge is 2.08. The fourth-order valence-electron chi connectivity index (χ4n) is 1.66. The van der Waals surface area contributed by atoms with Crippen molar-refractivity contribution in [1.29, 1.82) is 0 Å². The van der Waals surface area contributed by atoms with Crippen molar-refractivity contribution in [3.63, 3.8) is 0 Å². The lowest BCUT2D eigenvalue weighted by Crippen LogP contribution is -2.34. The highest BCUT2D eigenvalue weighted by molar-refractivity contribution is 5.85. The molecule has 114 valence electrons. The minimum atomic E-state index is -0.125. The molecule has 21 heavy (non-hydrogen) atoms. The maximum absolute atomic E-state index is 11.7. The molecule has 0 unspecified atom stereocenters. The predicted molar refractivity (Wildman–Crippen MR) is 82.1 cm³/mol. The minimum absolute atomic E-state index is 0. The van der Waals surface area contributed by atoms with Crippen LogP contribution < -0.4 is 10.6 Å². The van der Waals surface area contributed by atoms with E-state index in [4.69, 9.17) is 0 Å². The first-order valence-electron chi connectivity index (χ1n) is 6.60. The van der Waals surface area contributed by atoms with E-state index in [9.17, 15) is 4.79 Å². The number of nitrogens with zero attached hydrogens (tertiary/aromatic N) is 4. The molecule has 0 radical (unpaired) electrons. The van der Waals surface area contributed by atoms with Gasteiger partial charge in [-0.15, -0.1) is 22.6 Å². The van der Waals surface area contributed by atoms with E-state index in [1.165, 1.54) is 4.80 Å². The first-order valence-corrected chi connectivity index (χ1v) is 6.60. The van der Waals surface area contributed by atoms with E-state index in [2.05, 4.69) is 26.0 Å². The van der Waals surface area contributed by atoms with E-state index in [0.717, 1.165) is 18.7 Å². The Balaban J connectivity index is 0.00000220. The first kappa shape index (κ1) is 17.1. The van der Waals surface area contributed by atoms with Crippen molar-refractivity contribution in [1.82, 2.24) is 30.8 Å². The second-order valence-electron chi connectivity index (χ2n) is 4.21. The molecule has 7 nitrogen and oxygen atoms in total. The number of tetrazole rings is 1. The number of nitrogens with one attached hydrogen (secondary N) is 2. The van der Waals surface area contributed by atoms with Gasteiger partial charge in [-0.25, -0.2) is 0 Å². The summed E-state index contributed by atoms with van der Waals surface area (Å²) in [5, 5.41) is 17.9. The molecular formula is C13H19ClN6O. The Bertz CT molecular complexity index is 545. The van der Waals surface area contributed by atoms with Crippen molar-refractivity contribution >= 4 is 18.3 Å². The van der Waals surface area contributed by atoms with Gasteiger partial charge >= 0.3 is 0 Å². The molecule has 1 aromatic heterocycles. The third-order valence-electron chi connectivity index (χ3n) is 2.64. The zero-order valence-electron chi connectivity index (χ0n) is 11.8. The van der Waals surface area contributed by atoms with Crippen molar-refractivity contribution in [3.8, 4) is 11.4 Å². The number of benzene rings is 1. The van der Waals surface area contributed by atoms with E-state index >= 15 is 0 Å². The van der Waals surface area contributed by atoms with Crippen LogP contribution in [0.25, 0.3) is 11.4 Å². The number of aromatic nitrogens is 4. The Labute approximate surface area is 129 Å². The van der Waals surface area contributed by atoms with Gasteiger partial charge in [0.15, 0.2) is 0 Å². The lowest BCUT2D eigenvalue weighted by molar-refractivity contribution is -0.122. The van der Waals surface area contributed by atoms with Crippen LogP contribution in [0, 0.1) is 0 Å². The maximum atomic E-state index is 11.7. The first-order chi connectivity index (χ1) is 9.79. The molecule has 1 amide bonds. The standard InChI is InChI=1S/C13H18N6O.ClH/c1-2-14-8-9-15-12(20)10-19-17-13(16-18-19)11-6-4-3-5-7-11;/h3-7,14H,2,8-10H2,1H3,(H,15,20);1H. The fraction of sp³-hybridized carbons (Fsp3) is 0.385. The molecule has 2 rings (SSSR count). The van der Waals surface area contributed by atoms with Crippen LogP contribution in [0.2, 0.25) is 0 Å². The molecule has 0 aliphatic rings. The Hall–Kier alpha value is -1.99. The Morgan fingerprint density at radius 1 is 1.24 bits per heavy atom. The van der Waals surface area contributed by atoms with E-state index in [1.54, 1.807) is 0 Å². The van der Waals surface area contributed by atoms with Crippen molar-refractivity contribution in [3.05, 3.63) is 30.3 Å². The summed E-state index contributed by atoms with van der Waals surface area (Å²) in [4.78, 5) is 13.0. The van der Waals surface area contributed by atoms with Crippen LogP contribution in [0.4, 0.5) is 0 Å². The molecule has 0 aliphatic carbocycles. The number of carbonyl (C=O) groups excluding carboxylic acids is 1. The van der Waals surface area contributed by atoms with Gasteiger partial charge in [0.2, 0.25) is 11.7 Å². The molecule has 0 saturated heterocycles. The highest BCUT2D eigenvalue weighted by atomic mass is 35.5. The SMILES string of the molecule is CCNCCNC(=O)Cn1nnc(-c2ccccc2)n1.Cl. The molecule has 8 heteroatoms. The summed E-state index contributed by atoms with van der Waals surface area (Å²) in [6.07, 6.45) is 0. The van der Waals surface area contributed by atoms with E-state index < -0.39 is 0 Å². The third kappa shape index (κ3) is 5.49. The van der Waals surface area contributed by atoms with Gasteiger partial charge in [-0.3, -0.25) is 4.79 Å². The average Bonchev–Trinajstić information content (AvgIpc) is 2.93. The van der Waals surface area contributed by atoms with Crippen LogP contribution in [0.15, 0.2) is 30.3 Å². The van der Waals surface area contributed by atoms with Gasteiger partial charge < -0.3 is 10.6 Å². The van der Waals surface area contributed by atoms with Crippen LogP contribution in [0.3, 0.4) is 0 Å². The van der Waals surface area contributed by atoms with Crippen molar-refractivity contribution in [2.24, 2.45) is 0 Å². The van der Waals surface area contributed by atoms with Gasteiger partial charge in [0.1, 0.15) is 6.54 Å². The topological polar surface area (TPSA) is 84.7 Å². The van der Waals surface area contributed by atoms with Gasteiger partial charge in [0.05, 0.1) is 0 Å². The maximum Gasteiger partial charge on any atom is 0.243 e. The molecule has 0 atom stereocenters. The van der Waals surface area contributed by atoms with E-state index in [0.29, 0.717) is 12.4 Å². The molecule has 2 aromatic rings. The molecule has 0 aliphatic heterocycles. The van der Waals surface area contributed by atoms with Gasteiger partial charge in [-0.1, -0.05) is 37.3 Å². The van der Waals surface area contributed by atoms with Gasteiger partial charge in [0, 0.05) is 18.7 Å². The quantitative estimate of drug-likeness (QED) is 0.727. The summed E-state index contributed by atoms with van der Waals surface area (Å²) < 4.78 is 0. The smallest absolute Gasteiger partial charge is 0.243 e. The zero-order valence-corrected chi connectivity index (χ0v) is 12.6. The normalized spacial score (nSPS) is 9.95. The molecule has 2 N–H and O–H groups in total. The van der Waals surface area contributed by atoms with Crippen LogP contribution >= 0.6 is 12.4 Å². The van der Waals surface area contributed by atoms with Gasteiger partial charge in [-0.05, 0) is 11.8 Å². The van der Waals surface area contributed by atoms with Crippen LogP contribution in [0.5, 0.6) is 0 Å². The molecule has 0 fully saturated rings. The fourth-order valence-corrected chi connectivity index (χ4v) is 1.66. The Morgan fingerprint density at radius 3 is 2.71 bits per heavy atom. The zero-order chi connectivity index (χ0) is 14.2. The summed E-state index contributed by atoms with van der Waals surface area (Å²) in [6, 6.07) is 9.54. The average molecular weight is 311 g/mol. The predicted octanol–water partition coefficient (Wildman–Crippen LogP) is 0.488. The van der Waals surface area contributed by atoms with Gasteiger partial charge in [0.25, 0.3) is 0 Å². The Kier molecular flexibility index (Phi) is 7.34. The number of carbonyl (C=O) groups is 1. The number of rotatable bonds is 7. The number of hydrogen-bond donors (Lipinski definition) is 2. The van der Waals surface area contributed by atoms with Crippen LogP contribution in [0.1, 0.15) is 6.92 Å². The van der Waals surface area contributed by atoms with Crippen LogP contribution in [-0.2, 0) is 11.3 Å². The summed E-state index contributed by atoms with van der Waals surface area (Å²) in [5.41, 5.74) is 0.881. The molecular weight excluding hydrogens is 292 g/mol. The van der Waals surface area contributed by atoms with Gasteiger partial charge in [-0.2, -0.15) is 4.80 Å². The largest absolute Gasteiger partial charge is 0.353 e. The van der Waals surface area contributed by atoms with E-state index in [1.807, 2.05) is 37.3 Å². The van der Waals surface area contributed by atoms with Crippen LogP contribution in [-0.4, -0.2) is 45.7 Å². The molecule has 1 heterocycles. The summed E-state index contributed by atoms with van der Waals surface area (Å²) >= 11 is 0. The number of halogens is 1. The second-order valence-corrected chi connectivity index (χ2v) is 4.21. The van der Waals surface area contributed by atoms with E-state index in [-0.39, 0.29) is 24.9 Å². The number of hydrogen-bond acceptors (Lipinski definition) is 5. The molecule has 0 spiro atoms. The summed E-state index contributed by atoms with van der Waals surface area (Å²) in [7, 11) is 0. The molecule has 0 bridgehead atoms. The lowest BCUT2D eigenvalue weighted by Gasteiger charge is -2.04. The lowest BCUT2D eigenvalue weighted by atomic mass is 10.2. The summed E-state index contributed by atoms with van der Waals surface area (Å²) in [5.74, 6) is 0.394. The molecule has 0 saturated carbocycles. The van der Waals surface area contributed by atoms with Crippen molar-refractivity contribution in [2.45, 2.75) is 13.5 Å². The minimum Gasteiger partial charge on any atom is -0.353 e. The number of amides is 1. The number of likely N-dealkylation sites (N-methyl/N-ethyl adjacent to an activating group) is 1. The Morgan fingerprint density at radius 2 is 2.00 bits per heavy atom. The van der Waals surface area contributed by atoms with Crippen molar-refractivity contribution in [2.75, 3.05) is 19.6 Å². The highest BCUT2D eigenvalue weighted by Crippen LogP contribution is 2.11. The third-order valence-corrected chi connectivity index (χ3v) is 2.64. The second kappa shape index (κ2) is 9.04. The van der Waals surface area contributed by atoms with Crippen molar-refractivity contribution < 1.29 is 4.79 Å².